The van der Waals surface area contributed by atoms with Crippen molar-refractivity contribution >= 4 is 11.8 Å². The Labute approximate surface area is 150 Å². The maximum absolute atomic E-state index is 12.9. The van der Waals surface area contributed by atoms with Gasteiger partial charge in [0.05, 0.1) is 43.1 Å². The molecule has 1 atom stereocenters. The molecule has 0 aliphatic carbocycles. The molecule has 0 unspecified atom stereocenters. The summed E-state index contributed by atoms with van der Waals surface area (Å²) in [4.78, 5) is 24.4. The number of nitrogens with one attached hydrogen (secondary N) is 2. The molecule has 3 rings (SSSR count). The highest BCUT2D eigenvalue weighted by Crippen LogP contribution is 2.19. The highest BCUT2D eigenvalue weighted by atomic mass is 19.1. The molecule has 2 amide bonds. The second-order valence-corrected chi connectivity index (χ2v) is 6.21. The Hall–Kier alpha value is -2.74. The van der Waals surface area contributed by atoms with Crippen LogP contribution < -0.4 is 10.6 Å². The second-order valence-electron chi connectivity index (χ2n) is 6.21. The molecule has 0 bridgehead atoms. The first kappa shape index (κ1) is 18.1. The third kappa shape index (κ3) is 4.26. The van der Waals surface area contributed by atoms with E-state index in [2.05, 4.69) is 15.7 Å². The maximum atomic E-state index is 12.9. The molecule has 26 heavy (non-hydrogen) atoms. The topological polar surface area (TPSA) is 85.2 Å². The van der Waals surface area contributed by atoms with Gasteiger partial charge in [-0.25, -0.2) is 4.39 Å². The number of carbonyl (C=O) groups excluding carboxylic acids is 2. The Morgan fingerprint density at radius 2 is 2.12 bits per heavy atom. The maximum Gasteiger partial charge on any atom is 0.254 e. The van der Waals surface area contributed by atoms with Crippen molar-refractivity contribution in [2.24, 2.45) is 0 Å². The van der Waals surface area contributed by atoms with Gasteiger partial charge in [-0.05, 0) is 17.7 Å². The van der Waals surface area contributed by atoms with Crippen LogP contribution in [0, 0.1) is 5.82 Å². The highest BCUT2D eigenvalue weighted by molar-refractivity contribution is 5.95. The average Bonchev–Trinajstić information content (AvgIpc) is 3.17. The number of fused-ring (bicyclic) bond motifs is 1. The van der Waals surface area contributed by atoms with Crippen molar-refractivity contribution in [3.63, 3.8) is 0 Å². The van der Waals surface area contributed by atoms with Gasteiger partial charge in [-0.3, -0.25) is 14.3 Å². The van der Waals surface area contributed by atoms with E-state index in [0.717, 1.165) is 11.3 Å². The quantitative estimate of drug-likeness (QED) is 0.711. The standard InChI is InChI=1S/C18H21FN4O3/c1-26-7-6-20-18(25)15-10-21-23-11-14(9-16(15)23)22-17(24)8-12-2-4-13(19)5-3-12/h2-5,10,14H,6-9,11H2,1H3,(H,20,25)(H,22,24)/t14-/m0/s1. The predicted octanol–water partition coefficient (Wildman–Crippen LogP) is 0.682. The average molecular weight is 360 g/mol. The summed E-state index contributed by atoms with van der Waals surface area (Å²) in [6.07, 6.45) is 2.28. The molecule has 1 aromatic heterocycles. The minimum atomic E-state index is -0.327. The molecule has 2 N–H and O–H groups in total. The van der Waals surface area contributed by atoms with Gasteiger partial charge in [-0.2, -0.15) is 5.10 Å². The van der Waals surface area contributed by atoms with Crippen LogP contribution in [0.25, 0.3) is 0 Å². The van der Waals surface area contributed by atoms with Crippen LogP contribution in [0.4, 0.5) is 4.39 Å². The Kier molecular flexibility index (Phi) is 5.62. The van der Waals surface area contributed by atoms with Crippen LogP contribution in [-0.4, -0.2) is 47.9 Å². The Morgan fingerprint density at radius 1 is 1.35 bits per heavy atom. The molecule has 2 heterocycles. The van der Waals surface area contributed by atoms with Gasteiger partial charge < -0.3 is 15.4 Å². The highest BCUT2D eigenvalue weighted by Gasteiger charge is 2.28. The van der Waals surface area contributed by atoms with Gasteiger partial charge in [-0.15, -0.1) is 0 Å². The summed E-state index contributed by atoms with van der Waals surface area (Å²) in [5, 5.41) is 9.95. The molecule has 0 spiro atoms. The number of amides is 2. The lowest BCUT2D eigenvalue weighted by Crippen LogP contribution is -2.37. The lowest BCUT2D eigenvalue weighted by atomic mass is 10.1. The molecule has 0 saturated heterocycles. The fourth-order valence-electron chi connectivity index (χ4n) is 3.00. The molecular formula is C18H21FN4O3. The molecule has 8 heteroatoms. The third-order valence-corrected chi connectivity index (χ3v) is 4.26. The number of rotatable bonds is 7. The van der Waals surface area contributed by atoms with Crippen molar-refractivity contribution in [3.05, 3.63) is 53.1 Å². The Morgan fingerprint density at radius 3 is 2.85 bits per heavy atom. The summed E-state index contributed by atoms with van der Waals surface area (Å²) in [5.74, 6) is -0.660. The molecule has 0 saturated carbocycles. The van der Waals surface area contributed by atoms with E-state index in [9.17, 15) is 14.0 Å². The number of benzene rings is 1. The predicted molar refractivity (Wildman–Crippen MR) is 92.2 cm³/mol. The molecule has 0 fully saturated rings. The van der Waals surface area contributed by atoms with Gasteiger partial charge in [-0.1, -0.05) is 12.1 Å². The van der Waals surface area contributed by atoms with Crippen molar-refractivity contribution in [1.29, 1.82) is 0 Å². The molecule has 1 aliphatic heterocycles. The summed E-state index contributed by atoms with van der Waals surface area (Å²) >= 11 is 0. The molecule has 7 nitrogen and oxygen atoms in total. The summed E-state index contributed by atoms with van der Waals surface area (Å²) in [7, 11) is 1.57. The zero-order valence-electron chi connectivity index (χ0n) is 14.5. The summed E-state index contributed by atoms with van der Waals surface area (Å²) in [6.45, 7) is 1.39. The first-order valence-electron chi connectivity index (χ1n) is 8.42. The van der Waals surface area contributed by atoms with Gasteiger partial charge in [0.25, 0.3) is 5.91 Å². The summed E-state index contributed by atoms with van der Waals surface area (Å²) in [6, 6.07) is 5.75. The molecular weight excluding hydrogens is 339 g/mol. The van der Waals surface area contributed by atoms with Gasteiger partial charge in [0.2, 0.25) is 5.91 Å². The largest absolute Gasteiger partial charge is 0.383 e. The molecule has 1 aromatic carbocycles. The van der Waals surface area contributed by atoms with Crippen molar-refractivity contribution < 1.29 is 18.7 Å². The zero-order valence-corrected chi connectivity index (χ0v) is 14.5. The number of aromatic nitrogens is 2. The molecule has 138 valence electrons. The van der Waals surface area contributed by atoms with Crippen molar-refractivity contribution in [3.8, 4) is 0 Å². The van der Waals surface area contributed by atoms with Crippen molar-refractivity contribution in [2.75, 3.05) is 20.3 Å². The monoisotopic (exact) mass is 360 g/mol. The molecule has 1 aliphatic rings. The van der Waals surface area contributed by atoms with Crippen LogP contribution in [-0.2, 0) is 28.9 Å². The van der Waals surface area contributed by atoms with E-state index in [-0.39, 0.29) is 30.1 Å². The molecule has 2 aromatic rings. The lowest BCUT2D eigenvalue weighted by molar-refractivity contribution is -0.121. The van der Waals surface area contributed by atoms with Crippen molar-refractivity contribution in [2.45, 2.75) is 25.4 Å². The number of carbonyl (C=O) groups is 2. The fourth-order valence-corrected chi connectivity index (χ4v) is 3.00. The number of hydrogen-bond acceptors (Lipinski definition) is 4. The van der Waals surface area contributed by atoms with Crippen LogP contribution in [0.15, 0.2) is 30.5 Å². The van der Waals surface area contributed by atoms with Gasteiger partial charge in [0, 0.05) is 20.1 Å². The van der Waals surface area contributed by atoms with Crippen LogP contribution in [0.1, 0.15) is 21.6 Å². The Bertz CT molecular complexity index is 788. The minimum absolute atomic E-state index is 0.114. The fraction of sp³-hybridized carbons (Fsp3) is 0.389. The molecule has 0 radical (unpaired) electrons. The number of methoxy groups -OCH3 is 1. The summed E-state index contributed by atoms with van der Waals surface area (Å²) in [5.41, 5.74) is 2.08. The number of hydrogen-bond donors (Lipinski definition) is 2. The SMILES string of the molecule is COCCNC(=O)c1cnn2c1C[C@H](NC(=O)Cc1ccc(F)cc1)C2. The lowest BCUT2D eigenvalue weighted by Gasteiger charge is -2.12. The van der Waals surface area contributed by atoms with E-state index in [1.54, 1.807) is 30.1 Å². The van der Waals surface area contributed by atoms with E-state index in [0.29, 0.717) is 31.7 Å². The van der Waals surface area contributed by atoms with Crippen molar-refractivity contribution in [1.82, 2.24) is 20.4 Å². The Balaban J connectivity index is 1.54. The van der Waals surface area contributed by atoms with Gasteiger partial charge in [0.15, 0.2) is 0 Å². The second kappa shape index (κ2) is 8.09. The summed E-state index contributed by atoms with van der Waals surface area (Å²) < 4.78 is 19.6. The van der Waals surface area contributed by atoms with Crippen LogP contribution >= 0.6 is 0 Å². The van der Waals surface area contributed by atoms with Gasteiger partial charge in [0.1, 0.15) is 5.82 Å². The van der Waals surface area contributed by atoms with Crippen LogP contribution in [0.2, 0.25) is 0 Å². The number of nitrogens with zero attached hydrogens (tertiary/aromatic N) is 2. The smallest absolute Gasteiger partial charge is 0.254 e. The minimum Gasteiger partial charge on any atom is -0.383 e. The van der Waals surface area contributed by atoms with E-state index in [1.165, 1.54) is 12.1 Å². The zero-order chi connectivity index (χ0) is 18.5. The van der Waals surface area contributed by atoms with E-state index >= 15 is 0 Å². The third-order valence-electron chi connectivity index (χ3n) is 4.26. The number of halogens is 1. The first-order valence-corrected chi connectivity index (χ1v) is 8.42. The van der Waals surface area contributed by atoms with E-state index in [4.69, 9.17) is 4.74 Å². The van der Waals surface area contributed by atoms with E-state index in [1.807, 2.05) is 0 Å². The van der Waals surface area contributed by atoms with Crippen LogP contribution in [0.5, 0.6) is 0 Å². The van der Waals surface area contributed by atoms with E-state index < -0.39 is 0 Å². The normalized spacial score (nSPS) is 15.5. The van der Waals surface area contributed by atoms with Gasteiger partial charge >= 0.3 is 0 Å². The number of ether oxygens (including phenoxy) is 1. The first-order chi connectivity index (χ1) is 12.6. The van der Waals surface area contributed by atoms with Crippen LogP contribution in [0.3, 0.4) is 0 Å².